The normalized spacial score (nSPS) is 23.7. The van der Waals surface area contributed by atoms with E-state index in [0.29, 0.717) is 6.54 Å². The number of amides is 1. The third-order valence-electron chi connectivity index (χ3n) is 3.79. The monoisotopic (exact) mass is 243 g/mol. The second-order valence-electron chi connectivity index (χ2n) is 5.43. The van der Waals surface area contributed by atoms with E-state index in [0.717, 1.165) is 19.3 Å². The van der Waals surface area contributed by atoms with Crippen LogP contribution in [-0.4, -0.2) is 33.0 Å². The molecular formula is C13H25NO3. The maximum Gasteiger partial charge on any atom is 0.223 e. The van der Waals surface area contributed by atoms with Gasteiger partial charge in [-0.15, -0.1) is 0 Å². The average molecular weight is 243 g/mol. The van der Waals surface area contributed by atoms with Crippen LogP contribution in [0.1, 0.15) is 39.5 Å². The fraction of sp³-hybridized carbons (Fsp3) is 0.923. The number of carbonyl (C=O) groups is 1. The highest BCUT2D eigenvalue weighted by Gasteiger charge is 2.37. The number of hydrogen-bond acceptors (Lipinski definition) is 3. The zero-order chi connectivity index (χ0) is 12.9. The van der Waals surface area contributed by atoms with Gasteiger partial charge < -0.3 is 14.8 Å². The van der Waals surface area contributed by atoms with Crippen molar-refractivity contribution >= 4 is 5.91 Å². The van der Waals surface area contributed by atoms with E-state index in [1.807, 2.05) is 0 Å². The first kappa shape index (κ1) is 14.5. The molecule has 0 spiro atoms. The molecule has 4 nitrogen and oxygen atoms in total. The Morgan fingerprint density at radius 3 is 2.53 bits per heavy atom. The molecule has 0 aromatic rings. The highest BCUT2D eigenvalue weighted by Crippen LogP contribution is 2.40. The molecule has 0 heterocycles. The van der Waals surface area contributed by atoms with Crippen molar-refractivity contribution in [3.05, 3.63) is 0 Å². The van der Waals surface area contributed by atoms with Crippen molar-refractivity contribution in [3.8, 4) is 0 Å². The van der Waals surface area contributed by atoms with E-state index in [1.54, 1.807) is 14.2 Å². The topological polar surface area (TPSA) is 47.6 Å². The van der Waals surface area contributed by atoms with Gasteiger partial charge in [-0.2, -0.15) is 0 Å². The molecule has 1 saturated carbocycles. The van der Waals surface area contributed by atoms with Crippen LogP contribution in [0.15, 0.2) is 0 Å². The van der Waals surface area contributed by atoms with Crippen LogP contribution in [0.25, 0.3) is 0 Å². The first-order chi connectivity index (χ1) is 8.01. The van der Waals surface area contributed by atoms with Crippen molar-refractivity contribution in [2.24, 2.45) is 11.3 Å². The van der Waals surface area contributed by atoms with E-state index in [2.05, 4.69) is 19.2 Å². The molecule has 0 bridgehead atoms. The Morgan fingerprint density at radius 2 is 2.00 bits per heavy atom. The molecule has 0 aliphatic heterocycles. The SMILES string of the molecule is COC(CNC(=O)C1CCCCC1(C)C)OC. The van der Waals surface area contributed by atoms with Gasteiger partial charge in [0.15, 0.2) is 6.29 Å². The molecule has 0 aromatic carbocycles. The predicted molar refractivity (Wildman–Crippen MR) is 66.6 cm³/mol. The molecule has 1 fully saturated rings. The van der Waals surface area contributed by atoms with Gasteiger partial charge in [-0.3, -0.25) is 4.79 Å². The molecule has 0 saturated heterocycles. The maximum absolute atomic E-state index is 12.1. The number of methoxy groups -OCH3 is 2. The lowest BCUT2D eigenvalue weighted by atomic mass is 9.68. The Hall–Kier alpha value is -0.610. The minimum Gasteiger partial charge on any atom is -0.354 e. The van der Waals surface area contributed by atoms with Gasteiger partial charge >= 0.3 is 0 Å². The maximum atomic E-state index is 12.1. The summed E-state index contributed by atoms with van der Waals surface area (Å²) in [6.45, 7) is 4.78. The summed E-state index contributed by atoms with van der Waals surface area (Å²) in [5.74, 6) is 0.249. The second-order valence-corrected chi connectivity index (χ2v) is 5.43. The van der Waals surface area contributed by atoms with Gasteiger partial charge in [0.25, 0.3) is 0 Å². The van der Waals surface area contributed by atoms with Crippen LogP contribution in [0.5, 0.6) is 0 Å². The zero-order valence-corrected chi connectivity index (χ0v) is 11.4. The molecule has 17 heavy (non-hydrogen) atoms. The summed E-state index contributed by atoms with van der Waals surface area (Å²) in [6.07, 6.45) is 4.15. The highest BCUT2D eigenvalue weighted by atomic mass is 16.7. The molecule has 0 radical (unpaired) electrons. The molecule has 1 rings (SSSR count). The lowest BCUT2D eigenvalue weighted by Gasteiger charge is -2.37. The number of carbonyl (C=O) groups excluding carboxylic acids is 1. The van der Waals surface area contributed by atoms with E-state index in [9.17, 15) is 4.79 Å². The summed E-state index contributed by atoms with van der Waals surface area (Å²) < 4.78 is 10.1. The summed E-state index contributed by atoms with van der Waals surface area (Å²) in [7, 11) is 3.15. The van der Waals surface area contributed by atoms with Crippen LogP contribution in [-0.2, 0) is 14.3 Å². The van der Waals surface area contributed by atoms with Gasteiger partial charge in [-0.05, 0) is 18.3 Å². The number of nitrogens with one attached hydrogen (secondary N) is 1. The molecule has 1 atom stereocenters. The summed E-state index contributed by atoms with van der Waals surface area (Å²) in [4.78, 5) is 12.1. The van der Waals surface area contributed by atoms with Crippen LogP contribution in [0.4, 0.5) is 0 Å². The molecule has 1 amide bonds. The van der Waals surface area contributed by atoms with E-state index in [1.165, 1.54) is 6.42 Å². The Labute approximate surface area is 104 Å². The van der Waals surface area contributed by atoms with Crippen molar-refractivity contribution in [2.75, 3.05) is 20.8 Å². The lowest BCUT2D eigenvalue weighted by Crippen LogP contribution is -2.44. The van der Waals surface area contributed by atoms with Crippen molar-refractivity contribution in [2.45, 2.75) is 45.8 Å². The summed E-state index contributed by atoms with van der Waals surface area (Å²) in [6, 6.07) is 0. The highest BCUT2D eigenvalue weighted by molar-refractivity contribution is 5.79. The van der Waals surface area contributed by atoms with Crippen LogP contribution in [0, 0.1) is 11.3 Å². The average Bonchev–Trinajstić information content (AvgIpc) is 2.29. The van der Waals surface area contributed by atoms with Gasteiger partial charge in [0.1, 0.15) is 0 Å². The van der Waals surface area contributed by atoms with Crippen LogP contribution in [0.2, 0.25) is 0 Å². The van der Waals surface area contributed by atoms with E-state index >= 15 is 0 Å². The van der Waals surface area contributed by atoms with Crippen molar-refractivity contribution in [3.63, 3.8) is 0 Å². The number of ether oxygens (including phenoxy) is 2. The molecule has 0 aromatic heterocycles. The standard InChI is InChI=1S/C13H25NO3/c1-13(2)8-6-5-7-10(13)12(15)14-9-11(16-3)17-4/h10-11H,5-9H2,1-4H3,(H,14,15). The van der Waals surface area contributed by atoms with Gasteiger partial charge in [0.05, 0.1) is 6.54 Å². The van der Waals surface area contributed by atoms with Crippen molar-refractivity contribution in [1.82, 2.24) is 5.32 Å². The summed E-state index contributed by atoms with van der Waals surface area (Å²) in [5.41, 5.74) is 0.109. The quantitative estimate of drug-likeness (QED) is 0.751. The Bertz CT molecular complexity index is 249. The summed E-state index contributed by atoms with van der Waals surface area (Å²) in [5, 5.41) is 2.92. The van der Waals surface area contributed by atoms with Crippen molar-refractivity contribution in [1.29, 1.82) is 0 Å². The number of rotatable bonds is 5. The van der Waals surface area contributed by atoms with Gasteiger partial charge in [0, 0.05) is 20.1 Å². The van der Waals surface area contributed by atoms with E-state index in [4.69, 9.17) is 9.47 Å². The van der Waals surface area contributed by atoms with Gasteiger partial charge in [-0.1, -0.05) is 26.7 Å². The third-order valence-corrected chi connectivity index (χ3v) is 3.79. The van der Waals surface area contributed by atoms with Gasteiger partial charge in [0.2, 0.25) is 5.91 Å². The first-order valence-corrected chi connectivity index (χ1v) is 6.34. The lowest BCUT2D eigenvalue weighted by molar-refractivity contribution is -0.135. The molecule has 1 aliphatic carbocycles. The van der Waals surface area contributed by atoms with Crippen LogP contribution in [0.3, 0.4) is 0 Å². The second kappa shape index (κ2) is 6.36. The fourth-order valence-corrected chi connectivity index (χ4v) is 2.55. The Kier molecular flexibility index (Phi) is 5.40. The molecule has 1 N–H and O–H groups in total. The predicted octanol–water partition coefficient (Wildman–Crippen LogP) is 1.94. The molecular weight excluding hydrogens is 218 g/mol. The molecule has 1 aliphatic rings. The minimum atomic E-state index is -0.356. The summed E-state index contributed by atoms with van der Waals surface area (Å²) >= 11 is 0. The number of hydrogen-bond donors (Lipinski definition) is 1. The van der Waals surface area contributed by atoms with E-state index in [-0.39, 0.29) is 23.5 Å². The first-order valence-electron chi connectivity index (χ1n) is 6.34. The largest absolute Gasteiger partial charge is 0.354 e. The third kappa shape index (κ3) is 3.96. The zero-order valence-electron chi connectivity index (χ0n) is 11.4. The molecule has 100 valence electrons. The Morgan fingerprint density at radius 1 is 1.35 bits per heavy atom. The fourth-order valence-electron chi connectivity index (χ4n) is 2.55. The minimum absolute atomic E-state index is 0.109. The van der Waals surface area contributed by atoms with Gasteiger partial charge in [-0.25, -0.2) is 0 Å². The van der Waals surface area contributed by atoms with Crippen LogP contribution >= 0.6 is 0 Å². The molecule has 1 unspecified atom stereocenters. The molecule has 4 heteroatoms. The van der Waals surface area contributed by atoms with E-state index < -0.39 is 0 Å². The van der Waals surface area contributed by atoms with Crippen LogP contribution < -0.4 is 5.32 Å². The Balaban J connectivity index is 2.46. The smallest absolute Gasteiger partial charge is 0.223 e. The van der Waals surface area contributed by atoms with Crippen molar-refractivity contribution < 1.29 is 14.3 Å².